The summed E-state index contributed by atoms with van der Waals surface area (Å²) in [4.78, 5) is 16.8. The minimum atomic E-state index is 0. The standard InChI is InChI=1S/C15H29N3O2.ClH/c1-12-5-3-4-7-18(12)15(19)11-17-8-6-14(20-2)9-13(17)10-16;/h12-14H,3-11,16H2,1-2H3;1H. The number of ether oxygens (including phenoxy) is 1. The van der Waals surface area contributed by atoms with E-state index in [9.17, 15) is 4.79 Å². The molecule has 2 rings (SSSR count). The fourth-order valence-corrected chi connectivity index (χ4v) is 3.46. The number of piperidine rings is 2. The molecule has 0 radical (unpaired) electrons. The van der Waals surface area contributed by atoms with Gasteiger partial charge in [0.1, 0.15) is 0 Å². The van der Waals surface area contributed by atoms with Crippen molar-refractivity contribution in [2.45, 2.75) is 57.2 Å². The molecule has 2 N–H and O–H groups in total. The van der Waals surface area contributed by atoms with Gasteiger partial charge in [-0.25, -0.2) is 0 Å². The van der Waals surface area contributed by atoms with Crippen LogP contribution in [0.2, 0.25) is 0 Å². The number of amides is 1. The predicted octanol–water partition coefficient (Wildman–Crippen LogP) is 1.25. The van der Waals surface area contributed by atoms with E-state index in [0.717, 1.165) is 38.8 Å². The van der Waals surface area contributed by atoms with Crippen LogP contribution in [0.1, 0.15) is 39.0 Å². The summed E-state index contributed by atoms with van der Waals surface area (Å²) in [5.74, 6) is 0.270. The summed E-state index contributed by atoms with van der Waals surface area (Å²) in [6.07, 6.45) is 5.75. The number of rotatable bonds is 4. The van der Waals surface area contributed by atoms with E-state index in [0.29, 0.717) is 25.2 Å². The maximum atomic E-state index is 12.5. The average Bonchev–Trinajstić information content (AvgIpc) is 2.48. The number of likely N-dealkylation sites (tertiary alicyclic amines) is 2. The van der Waals surface area contributed by atoms with Gasteiger partial charge >= 0.3 is 0 Å². The van der Waals surface area contributed by atoms with Gasteiger partial charge < -0.3 is 15.4 Å². The topological polar surface area (TPSA) is 58.8 Å². The van der Waals surface area contributed by atoms with E-state index in [-0.39, 0.29) is 24.4 Å². The van der Waals surface area contributed by atoms with Crippen LogP contribution in [0.4, 0.5) is 0 Å². The molecule has 5 nitrogen and oxygen atoms in total. The molecule has 2 aliphatic rings. The molecule has 0 spiro atoms. The number of methoxy groups -OCH3 is 1. The minimum absolute atomic E-state index is 0. The van der Waals surface area contributed by atoms with Gasteiger partial charge in [0.15, 0.2) is 0 Å². The molecule has 2 heterocycles. The molecule has 2 aliphatic heterocycles. The van der Waals surface area contributed by atoms with Gasteiger partial charge in [0.05, 0.1) is 12.6 Å². The van der Waals surface area contributed by atoms with Gasteiger partial charge in [-0.2, -0.15) is 0 Å². The second-order valence-electron chi connectivity index (χ2n) is 6.17. The Bertz CT molecular complexity index is 330. The molecule has 0 aromatic rings. The molecule has 1 amide bonds. The van der Waals surface area contributed by atoms with Crippen molar-refractivity contribution in [2.75, 3.05) is 33.3 Å². The van der Waals surface area contributed by atoms with Crippen molar-refractivity contribution in [1.29, 1.82) is 0 Å². The maximum Gasteiger partial charge on any atom is 0.236 e. The Kier molecular flexibility index (Phi) is 7.95. The molecular formula is C15H30ClN3O2. The Morgan fingerprint density at radius 2 is 2.05 bits per heavy atom. The first-order valence-corrected chi connectivity index (χ1v) is 7.92. The quantitative estimate of drug-likeness (QED) is 0.847. The molecule has 3 atom stereocenters. The number of hydrogen-bond donors (Lipinski definition) is 1. The summed E-state index contributed by atoms with van der Waals surface area (Å²) in [5.41, 5.74) is 5.87. The fourth-order valence-electron chi connectivity index (χ4n) is 3.46. The maximum absolute atomic E-state index is 12.5. The van der Waals surface area contributed by atoms with Gasteiger partial charge in [-0.05, 0) is 39.0 Å². The van der Waals surface area contributed by atoms with E-state index in [2.05, 4.69) is 16.7 Å². The smallest absolute Gasteiger partial charge is 0.236 e. The summed E-state index contributed by atoms with van der Waals surface area (Å²) in [6.45, 7) is 5.11. The highest BCUT2D eigenvalue weighted by Gasteiger charge is 2.31. The largest absolute Gasteiger partial charge is 0.381 e. The van der Waals surface area contributed by atoms with Gasteiger partial charge in [-0.3, -0.25) is 9.69 Å². The van der Waals surface area contributed by atoms with E-state index in [1.807, 2.05) is 0 Å². The van der Waals surface area contributed by atoms with Gasteiger partial charge in [-0.15, -0.1) is 12.4 Å². The van der Waals surface area contributed by atoms with E-state index in [1.165, 1.54) is 6.42 Å². The van der Waals surface area contributed by atoms with Crippen molar-refractivity contribution in [1.82, 2.24) is 9.80 Å². The summed E-state index contributed by atoms with van der Waals surface area (Å²) in [7, 11) is 1.76. The van der Waals surface area contributed by atoms with Crippen LogP contribution in [0.25, 0.3) is 0 Å². The first-order valence-electron chi connectivity index (χ1n) is 7.92. The van der Waals surface area contributed by atoms with Gasteiger partial charge in [0.25, 0.3) is 0 Å². The van der Waals surface area contributed by atoms with E-state index >= 15 is 0 Å². The molecule has 3 unspecified atom stereocenters. The molecule has 0 aromatic heterocycles. The summed E-state index contributed by atoms with van der Waals surface area (Å²) in [5, 5.41) is 0. The van der Waals surface area contributed by atoms with Crippen LogP contribution >= 0.6 is 12.4 Å². The van der Waals surface area contributed by atoms with Crippen molar-refractivity contribution in [3.63, 3.8) is 0 Å². The third-order valence-corrected chi connectivity index (χ3v) is 4.86. The summed E-state index contributed by atoms with van der Waals surface area (Å²) < 4.78 is 5.43. The molecule has 0 aromatic carbocycles. The monoisotopic (exact) mass is 319 g/mol. The zero-order valence-electron chi connectivity index (χ0n) is 13.3. The van der Waals surface area contributed by atoms with Crippen LogP contribution in [0.3, 0.4) is 0 Å². The Morgan fingerprint density at radius 3 is 2.67 bits per heavy atom. The molecule has 0 aliphatic carbocycles. The van der Waals surface area contributed by atoms with Crippen LogP contribution in [-0.4, -0.2) is 67.2 Å². The van der Waals surface area contributed by atoms with Crippen LogP contribution in [0.5, 0.6) is 0 Å². The number of nitrogens with two attached hydrogens (primary N) is 1. The van der Waals surface area contributed by atoms with Crippen molar-refractivity contribution < 1.29 is 9.53 Å². The van der Waals surface area contributed by atoms with Gasteiger partial charge in [0, 0.05) is 38.8 Å². The lowest BCUT2D eigenvalue weighted by atomic mass is 9.98. The highest BCUT2D eigenvalue weighted by molar-refractivity contribution is 5.85. The molecule has 21 heavy (non-hydrogen) atoms. The summed E-state index contributed by atoms with van der Waals surface area (Å²) in [6, 6.07) is 0.668. The Hall–Kier alpha value is -0.360. The van der Waals surface area contributed by atoms with Crippen molar-refractivity contribution in [2.24, 2.45) is 5.73 Å². The Balaban J connectivity index is 0.00000220. The molecule has 2 fully saturated rings. The highest BCUT2D eigenvalue weighted by Crippen LogP contribution is 2.21. The Labute approximate surface area is 134 Å². The second-order valence-corrected chi connectivity index (χ2v) is 6.17. The lowest BCUT2D eigenvalue weighted by molar-refractivity contribution is -0.137. The molecule has 6 heteroatoms. The zero-order chi connectivity index (χ0) is 14.5. The lowest BCUT2D eigenvalue weighted by Gasteiger charge is -2.40. The van der Waals surface area contributed by atoms with Gasteiger partial charge in [0.2, 0.25) is 5.91 Å². The van der Waals surface area contributed by atoms with Crippen molar-refractivity contribution in [3.8, 4) is 0 Å². The predicted molar refractivity (Wildman–Crippen MR) is 86.7 cm³/mol. The second kappa shape index (κ2) is 8.93. The van der Waals surface area contributed by atoms with Crippen LogP contribution in [-0.2, 0) is 9.53 Å². The first-order chi connectivity index (χ1) is 9.65. The zero-order valence-corrected chi connectivity index (χ0v) is 14.1. The minimum Gasteiger partial charge on any atom is -0.381 e. The first kappa shape index (κ1) is 18.7. The third-order valence-electron chi connectivity index (χ3n) is 4.86. The molecule has 2 saturated heterocycles. The number of hydrogen-bond acceptors (Lipinski definition) is 4. The number of nitrogens with zero attached hydrogens (tertiary/aromatic N) is 2. The Morgan fingerprint density at radius 1 is 1.29 bits per heavy atom. The number of carbonyl (C=O) groups excluding carboxylic acids is 1. The summed E-state index contributed by atoms with van der Waals surface area (Å²) >= 11 is 0. The number of carbonyl (C=O) groups is 1. The van der Waals surface area contributed by atoms with E-state index in [1.54, 1.807) is 7.11 Å². The molecule has 0 saturated carbocycles. The lowest BCUT2D eigenvalue weighted by Crippen LogP contribution is -2.54. The average molecular weight is 320 g/mol. The van der Waals surface area contributed by atoms with Crippen molar-refractivity contribution in [3.05, 3.63) is 0 Å². The van der Waals surface area contributed by atoms with E-state index in [4.69, 9.17) is 10.5 Å². The third kappa shape index (κ3) is 4.81. The van der Waals surface area contributed by atoms with E-state index < -0.39 is 0 Å². The molecule has 124 valence electrons. The van der Waals surface area contributed by atoms with Crippen molar-refractivity contribution >= 4 is 18.3 Å². The van der Waals surface area contributed by atoms with Crippen LogP contribution in [0, 0.1) is 0 Å². The van der Waals surface area contributed by atoms with Gasteiger partial charge in [-0.1, -0.05) is 0 Å². The number of halogens is 1. The van der Waals surface area contributed by atoms with Crippen LogP contribution in [0.15, 0.2) is 0 Å². The normalized spacial score (nSPS) is 30.8. The fraction of sp³-hybridized carbons (Fsp3) is 0.933. The molecule has 0 bridgehead atoms. The SMILES string of the molecule is COC1CCN(CC(=O)N2CCCCC2C)C(CN)C1.Cl. The highest BCUT2D eigenvalue weighted by atomic mass is 35.5. The molecular weight excluding hydrogens is 290 g/mol. The van der Waals surface area contributed by atoms with Crippen LogP contribution < -0.4 is 5.73 Å².